The zero-order chi connectivity index (χ0) is 14.1. The number of benzene rings is 1. The minimum atomic E-state index is -0.0544. The Hall–Kier alpha value is -1.06. The summed E-state index contributed by atoms with van der Waals surface area (Å²) in [5, 5.41) is -0.0544. The second-order valence-electron chi connectivity index (χ2n) is 5.78. The lowest BCUT2D eigenvalue weighted by atomic mass is 10.2. The van der Waals surface area contributed by atoms with Crippen LogP contribution in [-0.2, 0) is 6.54 Å². The number of aryl methyl sites for hydroxylation is 1. The Labute approximate surface area is 125 Å². The first-order chi connectivity index (χ1) is 9.65. The van der Waals surface area contributed by atoms with Gasteiger partial charge in [0.2, 0.25) is 0 Å². The molecule has 3 nitrogen and oxygen atoms in total. The molecule has 0 radical (unpaired) electrons. The summed E-state index contributed by atoms with van der Waals surface area (Å²) in [7, 11) is 0. The smallest absolute Gasteiger partial charge is 0.127 e. The zero-order valence-corrected chi connectivity index (χ0v) is 13.0. The van der Waals surface area contributed by atoms with Crippen LogP contribution in [0.15, 0.2) is 18.2 Å². The Bertz CT molecular complexity index is 597. The van der Waals surface area contributed by atoms with E-state index < -0.39 is 0 Å². The van der Waals surface area contributed by atoms with Crippen molar-refractivity contribution in [3.63, 3.8) is 0 Å². The summed E-state index contributed by atoms with van der Waals surface area (Å²) in [6.45, 7) is 8.67. The van der Waals surface area contributed by atoms with E-state index in [9.17, 15) is 0 Å². The molecule has 0 N–H and O–H groups in total. The Kier molecular flexibility index (Phi) is 3.99. The van der Waals surface area contributed by atoms with E-state index in [-0.39, 0.29) is 5.38 Å². The maximum atomic E-state index is 6.32. The summed E-state index contributed by atoms with van der Waals surface area (Å²) < 4.78 is 2.30. The second kappa shape index (κ2) is 5.74. The highest BCUT2D eigenvalue weighted by Crippen LogP contribution is 2.25. The topological polar surface area (TPSA) is 21.1 Å². The van der Waals surface area contributed by atoms with Crippen LogP contribution in [0, 0.1) is 6.92 Å². The molecule has 1 saturated heterocycles. The normalized spacial score (nSPS) is 17.9. The molecule has 1 aromatic heterocycles. The molecule has 20 heavy (non-hydrogen) atoms. The standard InChI is InChI=1S/C16H22ClN3/c1-12-5-6-14-15(11-12)20(16(18-14)13(2)17)10-9-19-7-3-4-8-19/h5-6,11,13H,3-4,7-10H2,1-2H3. The van der Waals surface area contributed by atoms with Gasteiger partial charge in [-0.3, -0.25) is 0 Å². The van der Waals surface area contributed by atoms with Crippen molar-refractivity contribution in [2.75, 3.05) is 19.6 Å². The Morgan fingerprint density at radius 3 is 2.70 bits per heavy atom. The number of hydrogen-bond donors (Lipinski definition) is 0. The highest BCUT2D eigenvalue weighted by atomic mass is 35.5. The highest BCUT2D eigenvalue weighted by molar-refractivity contribution is 6.20. The minimum absolute atomic E-state index is 0.0544. The van der Waals surface area contributed by atoms with Gasteiger partial charge in [0.25, 0.3) is 0 Å². The molecule has 0 amide bonds. The number of nitrogens with zero attached hydrogens (tertiary/aromatic N) is 3. The Morgan fingerprint density at radius 2 is 2.00 bits per heavy atom. The quantitative estimate of drug-likeness (QED) is 0.800. The predicted molar refractivity (Wildman–Crippen MR) is 84.4 cm³/mol. The average Bonchev–Trinajstić information content (AvgIpc) is 3.03. The monoisotopic (exact) mass is 291 g/mol. The van der Waals surface area contributed by atoms with Crippen molar-refractivity contribution in [3.05, 3.63) is 29.6 Å². The van der Waals surface area contributed by atoms with E-state index in [0.717, 1.165) is 24.4 Å². The predicted octanol–water partition coefficient (Wildman–Crippen LogP) is 3.74. The molecule has 1 aliphatic heterocycles. The van der Waals surface area contributed by atoms with Crippen molar-refractivity contribution in [2.45, 2.75) is 38.6 Å². The fraction of sp³-hybridized carbons (Fsp3) is 0.562. The molecule has 0 spiro atoms. The van der Waals surface area contributed by atoms with Gasteiger partial charge in [-0.1, -0.05) is 6.07 Å². The van der Waals surface area contributed by atoms with Crippen molar-refractivity contribution in [3.8, 4) is 0 Å². The van der Waals surface area contributed by atoms with Crippen molar-refractivity contribution < 1.29 is 0 Å². The number of aromatic nitrogens is 2. The molecule has 1 unspecified atom stereocenters. The molecule has 0 aliphatic carbocycles. The van der Waals surface area contributed by atoms with Crippen LogP contribution in [0.5, 0.6) is 0 Å². The van der Waals surface area contributed by atoms with E-state index >= 15 is 0 Å². The first kappa shape index (κ1) is 13.9. The molecule has 1 fully saturated rings. The molecule has 1 atom stereocenters. The molecule has 108 valence electrons. The lowest BCUT2D eigenvalue weighted by Crippen LogP contribution is -2.24. The number of likely N-dealkylation sites (tertiary alicyclic amines) is 1. The van der Waals surface area contributed by atoms with Crippen LogP contribution in [0.25, 0.3) is 11.0 Å². The molecular formula is C16H22ClN3. The first-order valence-corrected chi connectivity index (χ1v) is 7.92. The van der Waals surface area contributed by atoms with Crippen LogP contribution in [-0.4, -0.2) is 34.1 Å². The zero-order valence-electron chi connectivity index (χ0n) is 12.3. The van der Waals surface area contributed by atoms with Crippen LogP contribution in [0.1, 0.15) is 36.5 Å². The Morgan fingerprint density at radius 1 is 1.25 bits per heavy atom. The molecule has 3 rings (SSSR count). The number of rotatable bonds is 4. The summed E-state index contributed by atoms with van der Waals surface area (Å²) in [6, 6.07) is 6.43. The molecule has 4 heteroatoms. The molecule has 1 aliphatic rings. The number of fused-ring (bicyclic) bond motifs is 1. The highest BCUT2D eigenvalue weighted by Gasteiger charge is 2.17. The average molecular weight is 292 g/mol. The maximum Gasteiger partial charge on any atom is 0.127 e. The van der Waals surface area contributed by atoms with Crippen LogP contribution in [0.3, 0.4) is 0 Å². The number of halogens is 1. The molecule has 2 heterocycles. The molecule has 0 saturated carbocycles. The summed E-state index contributed by atoms with van der Waals surface area (Å²) >= 11 is 6.32. The third-order valence-corrected chi connectivity index (χ3v) is 4.32. The van der Waals surface area contributed by atoms with Crippen LogP contribution in [0.2, 0.25) is 0 Å². The van der Waals surface area contributed by atoms with Gasteiger partial charge < -0.3 is 9.47 Å². The number of alkyl halides is 1. The van der Waals surface area contributed by atoms with Crippen LogP contribution < -0.4 is 0 Å². The van der Waals surface area contributed by atoms with Gasteiger partial charge in [-0.2, -0.15) is 0 Å². The van der Waals surface area contributed by atoms with E-state index in [1.54, 1.807) is 0 Å². The molecule has 0 bridgehead atoms. The van der Waals surface area contributed by atoms with Crippen LogP contribution in [0.4, 0.5) is 0 Å². The van der Waals surface area contributed by atoms with Crippen molar-refractivity contribution in [2.24, 2.45) is 0 Å². The van der Waals surface area contributed by atoms with Gasteiger partial charge in [0.1, 0.15) is 5.82 Å². The third-order valence-electron chi connectivity index (χ3n) is 4.13. The van der Waals surface area contributed by atoms with E-state index in [4.69, 9.17) is 16.6 Å². The van der Waals surface area contributed by atoms with E-state index in [1.165, 1.54) is 37.0 Å². The fourth-order valence-corrected chi connectivity index (χ4v) is 3.20. The van der Waals surface area contributed by atoms with E-state index in [0.29, 0.717) is 0 Å². The lowest BCUT2D eigenvalue weighted by molar-refractivity contribution is 0.322. The molecule has 1 aromatic carbocycles. The molecule has 2 aromatic rings. The van der Waals surface area contributed by atoms with Crippen LogP contribution >= 0.6 is 11.6 Å². The van der Waals surface area contributed by atoms with Crippen molar-refractivity contribution in [1.29, 1.82) is 0 Å². The Balaban J connectivity index is 1.92. The van der Waals surface area contributed by atoms with Gasteiger partial charge in [0.15, 0.2) is 0 Å². The van der Waals surface area contributed by atoms with Gasteiger partial charge in [-0.25, -0.2) is 4.98 Å². The largest absolute Gasteiger partial charge is 0.325 e. The minimum Gasteiger partial charge on any atom is -0.325 e. The van der Waals surface area contributed by atoms with Gasteiger partial charge in [0, 0.05) is 13.1 Å². The summed E-state index contributed by atoms with van der Waals surface area (Å²) in [4.78, 5) is 7.24. The SMILES string of the molecule is Cc1ccc2nc(C(C)Cl)n(CCN3CCCC3)c2c1. The first-order valence-electron chi connectivity index (χ1n) is 7.48. The van der Waals surface area contributed by atoms with Gasteiger partial charge >= 0.3 is 0 Å². The molecular weight excluding hydrogens is 270 g/mol. The summed E-state index contributed by atoms with van der Waals surface area (Å²) in [5.74, 6) is 0.992. The maximum absolute atomic E-state index is 6.32. The van der Waals surface area contributed by atoms with Crippen molar-refractivity contribution in [1.82, 2.24) is 14.5 Å². The van der Waals surface area contributed by atoms with E-state index in [2.05, 4.69) is 34.6 Å². The van der Waals surface area contributed by atoms with Gasteiger partial charge in [0.05, 0.1) is 16.4 Å². The summed E-state index contributed by atoms with van der Waals surface area (Å²) in [6.07, 6.45) is 2.67. The third kappa shape index (κ3) is 2.70. The number of imidazole rings is 1. The lowest BCUT2D eigenvalue weighted by Gasteiger charge is -2.17. The number of hydrogen-bond acceptors (Lipinski definition) is 2. The fourth-order valence-electron chi connectivity index (χ4n) is 3.04. The van der Waals surface area contributed by atoms with Gasteiger partial charge in [-0.15, -0.1) is 11.6 Å². The van der Waals surface area contributed by atoms with Crippen molar-refractivity contribution >= 4 is 22.6 Å². The van der Waals surface area contributed by atoms with E-state index in [1.807, 2.05) is 6.92 Å². The second-order valence-corrected chi connectivity index (χ2v) is 6.43. The summed E-state index contributed by atoms with van der Waals surface area (Å²) in [5.41, 5.74) is 3.54. The van der Waals surface area contributed by atoms with Gasteiger partial charge in [-0.05, 0) is 57.5 Å².